The van der Waals surface area contributed by atoms with Gasteiger partial charge in [0, 0.05) is 18.5 Å². The number of phenols is 1. The van der Waals surface area contributed by atoms with Gasteiger partial charge in [-0.1, -0.05) is 42.0 Å². The van der Waals surface area contributed by atoms with E-state index in [2.05, 4.69) is 10.6 Å². The number of amides is 3. The summed E-state index contributed by atoms with van der Waals surface area (Å²) in [6, 6.07) is 11.5. The fraction of sp³-hybridized carbons (Fsp3) is 0.483. The monoisotopic (exact) mass is 511 g/mol. The summed E-state index contributed by atoms with van der Waals surface area (Å²) in [5.74, 6) is -0.625. The molecule has 0 heterocycles. The topological polar surface area (TPSA) is 108 Å². The highest BCUT2D eigenvalue weighted by Crippen LogP contribution is 2.26. The highest BCUT2D eigenvalue weighted by Gasteiger charge is 2.38. The van der Waals surface area contributed by atoms with Crippen LogP contribution in [0, 0.1) is 6.92 Å². The number of ether oxygens (including phenoxy) is 1. The average molecular weight is 512 g/mol. The molecule has 37 heavy (non-hydrogen) atoms. The first-order valence-corrected chi connectivity index (χ1v) is 12.6. The van der Waals surface area contributed by atoms with Gasteiger partial charge in [-0.2, -0.15) is 0 Å². The molecule has 0 aliphatic carbocycles. The largest absolute Gasteiger partial charge is 0.508 e. The molecule has 0 spiro atoms. The van der Waals surface area contributed by atoms with E-state index < -0.39 is 29.7 Å². The van der Waals surface area contributed by atoms with Gasteiger partial charge in [0.05, 0.1) is 0 Å². The second-order valence-corrected chi connectivity index (χ2v) is 10.9. The summed E-state index contributed by atoms with van der Waals surface area (Å²) in [4.78, 5) is 41.9. The van der Waals surface area contributed by atoms with Crippen molar-refractivity contribution in [2.75, 3.05) is 0 Å². The van der Waals surface area contributed by atoms with E-state index in [1.807, 2.05) is 58.9 Å². The number of benzene rings is 2. The lowest BCUT2D eigenvalue weighted by atomic mass is 9.98. The molecule has 2 unspecified atom stereocenters. The van der Waals surface area contributed by atoms with Crippen LogP contribution in [0.1, 0.15) is 71.2 Å². The lowest BCUT2D eigenvalue weighted by molar-refractivity contribution is -0.144. The van der Waals surface area contributed by atoms with Crippen LogP contribution in [0.5, 0.6) is 5.75 Å². The number of rotatable bonds is 9. The van der Waals surface area contributed by atoms with Crippen molar-refractivity contribution in [1.82, 2.24) is 15.5 Å². The molecule has 2 atom stereocenters. The molecular weight excluding hydrogens is 470 g/mol. The summed E-state index contributed by atoms with van der Waals surface area (Å²) >= 11 is 0. The van der Waals surface area contributed by atoms with Crippen molar-refractivity contribution in [3.05, 3.63) is 65.2 Å². The molecule has 2 aromatic carbocycles. The summed E-state index contributed by atoms with van der Waals surface area (Å²) in [6.45, 7) is 14.6. The number of carbonyl (C=O) groups excluding carboxylic acids is 3. The predicted octanol–water partition coefficient (Wildman–Crippen LogP) is 4.64. The number of hydrogen-bond acceptors (Lipinski definition) is 5. The quantitative estimate of drug-likeness (QED) is 0.455. The number of hydrogen-bond donors (Lipinski definition) is 3. The number of carbonyl (C=O) groups is 3. The Balaban J connectivity index is 2.53. The lowest BCUT2D eigenvalue weighted by Crippen LogP contribution is -2.56. The van der Waals surface area contributed by atoms with Crippen LogP contribution in [-0.4, -0.2) is 51.6 Å². The number of aromatic hydroxyl groups is 1. The lowest BCUT2D eigenvalue weighted by Gasteiger charge is -2.37. The van der Waals surface area contributed by atoms with Crippen molar-refractivity contribution < 1.29 is 24.2 Å². The highest BCUT2D eigenvalue weighted by molar-refractivity contribution is 5.92. The standard InChI is InChI=1S/C29H41N3O5/c1-18(2)30-26(34)25(22-13-9-20(5)10-14-22)32(19(3)4)27(35)24(31-28(36)37-29(6,7)8)17-21-11-15-23(33)16-12-21/h9-16,18-19,24-25,33H,17H2,1-8H3,(H,30,34)(H,31,36). The molecule has 0 aliphatic rings. The maximum atomic E-state index is 14.2. The Morgan fingerprint density at radius 1 is 0.919 bits per heavy atom. The molecule has 0 saturated heterocycles. The second-order valence-electron chi connectivity index (χ2n) is 10.9. The molecule has 8 nitrogen and oxygen atoms in total. The Hall–Kier alpha value is -3.55. The van der Waals surface area contributed by atoms with Gasteiger partial charge in [0.25, 0.3) is 0 Å². The van der Waals surface area contributed by atoms with Crippen LogP contribution in [0.15, 0.2) is 48.5 Å². The zero-order valence-electron chi connectivity index (χ0n) is 23.2. The van der Waals surface area contributed by atoms with E-state index in [0.717, 1.165) is 11.1 Å². The fourth-order valence-electron chi connectivity index (χ4n) is 3.93. The Kier molecular flexibility index (Phi) is 10.1. The van der Waals surface area contributed by atoms with E-state index >= 15 is 0 Å². The molecule has 0 aromatic heterocycles. The minimum atomic E-state index is -1.01. The number of nitrogens with one attached hydrogen (secondary N) is 2. The van der Waals surface area contributed by atoms with Gasteiger partial charge in [0.1, 0.15) is 23.4 Å². The SMILES string of the molecule is Cc1ccc(C(C(=O)NC(C)C)N(C(=O)C(Cc2ccc(O)cc2)NC(=O)OC(C)(C)C)C(C)C)cc1. The van der Waals surface area contributed by atoms with E-state index in [0.29, 0.717) is 5.56 Å². The van der Waals surface area contributed by atoms with Gasteiger partial charge in [-0.3, -0.25) is 9.59 Å². The number of nitrogens with zero attached hydrogens (tertiary/aromatic N) is 1. The second kappa shape index (κ2) is 12.6. The summed E-state index contributed by atoms with van der Waals surface area (Å²) < 4.78 is 5.43. The first-order chi connectivity index (χ1) is 17.2. The molecule has 0 fully saturated rings. The van der Waals surface area contributed by atoms with E-state index in [1.54, 1.807) is 32.9 Å². The summed E-state index contributed by atoms with van der Waals surface area (Å²) in [5, 5.41) is 15.3. The highest BCUT2D eigenvalue weighted by atomic mass is 16.6. The third-order valence-corrected chi connectivity index (χ3v) is 5.53. The maximum Gasteiger partial charge on any atom is 0.408 e. The molecule has 0 aliphatic heterocycles. The normalized spacial score (nSPS) is 13.1. The molecule has 0 saturated carbocycles. The number of alkyl carbamates (subject to hydrolysis) is 1. The molecule has 202 valence electrons. The van der Waals surface area contributed by atoms with Crippen LogP contribution in [0.25, 0.3) is 0 Å². The van der Waals surface area contributed by atoms with Gasteiger partial charge in [-0.25, -0.2) is 4.79 Å². The van der Waals surface area contributed by atoms with Gasteiger partial charge in [0.2, 0.25) is 11.8 Å². The van der Waals surface area contributed by atoms with Crippen molar-refractivity contribution in [2.45, 2.75) is 91.6 Å². The fourth-order valence-corrected chi connectivity index (χ4v) is 3.93. The van der Waals surface area contributed by atoms with Crippen LogP contribution < -0.4 is 10.6 Å². The number of aryl methyl sites for hydroxylation is 1. The van der Waals surface area contributed by atoms with Crippen molar-refractivity contribution in [3.8, 4) is 5.75 Å². The predicted molar refractivity (Wildman–Crippen MR) is 144 cm³/mol. The van der Waals surface area contributed by atoms with Crippen LogP contribution in [0.2, 0.25) is 0 Å². The van der Waals surface area contributed by atoms with E-state index in [-0.39, 0.29) is 30.2 Å². The van der Waals surface area contributed by atoms with E-state index in [4.69, 9.17) is 4.74 Å². The van der Waals surface area contributed by atoms with Crippen molar-refractivity contribution in [1.29, 1.82) is 0 Å². The molecule has 3 amide bonds. The van der Waals surface area contributed by atoms with Crippen molar-refractivity contribution >= 4 is 17.9 Å². The van der Waals surface area contributed by atoms with Gasteiger partial charge in [-0.05, 0) is 78.6 Å². The van der Waals surface area contributed by atoms with Gasteiger partial charge in [-0.15, -0.1) is 0 Å². The maximum absolute atomic E-state index is 14.2. The summed E-state index contributed by atoms with van der Waals surface area (Å²) in [7, 11) is 0. The minimum absolute atomic E-state index is 0.0975. The van der Waals surface area contributed by atoms with Gasteiger partial charge >= 0.3 is 6.09 Å². The Morgan fingerprint density at radius 3 is 1.97 bits per heavy atom. The molecule has 0 radical (unpaired) electrons. The number of phenolic OH excluding ortho intramolecular Hbond substituents is 1. The first kappa shape index (κ1) is 29.7. The zero-order valence-corrected chi connectivity index (χ0v) is 23.2. The molecule has 2 rings (SSSR count). The van der Waals surface area contributed by atoms with Crippen LogP contribution in [0.3, 0.4) is 0 Å². The molecular formula is C29H41N3O5. The van der Waals surface area contributed by atoms with Gasteiger partial charge in [0.15, 0.2) is 0 Å². The third-order valence-electron chi connectivity index (χ3n) is 5.53. The minimum Gasteiger partial charge on any atom is -0.508 e. The van der Waals surface area contributed by atoms with Crippen LogP contribution in [0.4, 0.5) is 4.79 Å². The van der Waals surface area contributed by atoms with Crippen LogP contribution >= 0.6 is 0 Å². The molecule has 3 N–H and O–H groups in total. The Morgan fingerprint density at radius 2 is 1.49 bits per heavy atom. The summed E-state index contributed by atoms with van der Waals surface area (Å²) in [6.07, 6.45) is -0.583. The van der Waals surface area contributed by atoms with E-state index in [1.165, 1.54) is 17.0 Å². The third kappa shape index (κ3) is 9.12. The average Bonchev–Trinajstić information content (AvgIpc) is 2.76. The van der Waals surface area contributed by atoms with E-state index in [9.17, 15) is 19.5 Å². The van der Waals surface area contributed by atoms with Crippen molar-refractivity contribution in [2.24, 2.45) is 0 Å². The zero-order chi connectivity index (χ0) is 27.9. The summed E-state index contributed by atoms with van der Waals surface area (Å²) in [5.41, 5.74) is 1.68. The van der Waals surface area contributed by atoms with Crippen molar-refractivity contribution in [3.63, 3.8) is 0 Å². The molecule has 2 aromatic rings. The molecule has 0 bridgehead atoms. The first-order valence-electron chi connectivity index (χ1n) is 12.6. The van der Waals surface area contributed by atoms with Crippen LogP contribution in [-0.2, 0) is 20.7 Å². The Labute approximate surface area is 220 Å². The Bertz CT molecular complexity index is 1060. The smallest absolute Gasteiger partial charge is 0.408 e. The van der Waals surface area contributed by atoms with Gasteiger partial charge < -0.3 is 25.4 Å². The molecule has 8 heteroatoms.